The van der Waals surface area contributed by atoms with E-state index in [1.54, 1.807) is 30.3 Å². The van der Waals surface area contributed by atoms with Gasteiger partial charge in [0.15, 0.2) is 0 Å². The number of nitro benzene ring substituents is 2. The highest BCUT2D eigenvalue weighted by atomic mass is 16.7. The van der Waals surface area contributed by atoms with Crippen molar-refractivity contribution in [3.8, 4) is 11.1 Å². The molecule has 0 heterocycles. The van der Waals surface area contributed by atoms with Crippen molar-refractivity contribution in [3.05, 3.63) is 104 Å². The van der Waals surface area contributed by atoms with Crippen LogP contribution in [0.15, 0.2) is 78.0 Å². The van der Waals surface area contributed by atoms with Gasteiger partial charge in [-0.05, 0) is 30.7 Å². The number of nitrogens with zero attached hydrogens (tertiary/aromatic N) is 3. The molecule has 0 radical (unpaired) electrons. The zero-order valence-corrected chi connectivity index (χ0v) is 16.6. The van der Waals surface area contributed by atoms with Gasteiger partial charge in [0.2, 0.25) is 5.78 Å². The molecule has 0 aromatic heterocycles. The summed E-state index contributed by atoms with van der Waals surface area (Å²) in [5.41, 5.74) is 0.173. The average Bonchev–Trinajstić information content (AvgIpc) is 2.82. The number of ketones is 1. The van der Waals surface area contributed by atoms with Crippen LogP contribution in [0.25, 0.3) is 11.1 Å². The van der Waals surface area contributed by atoms with E-state index in [0.29, 0.717) is 5.56 Å². The molecular weight excluding hydrogens is 418 g/mol. The first kappa shape index (κ1) is 22.0. The molecule has 0 fully saturated rings. The van der Waals surface area contributed by atoms with Crippen LogP contribution in [0.3, 0.4) is 0 Å². The van der Waals surface area contributed by atoms with Gasteiger partial charge in [0.05, 0.1) is 27.0 Å². The minimum atomic E-state index is -0.717. The van der Waals surface area contributed by atoms with Crippen LogP contribution in [0.2, 0.25) is 0 Å². The number of oxime groups is 1. The molecule has 0 unspecified atom stereocenters. The lowest BCUT2D eigenvalue weighted by molar-refractivity contribution is -0.393. The van der Waals surface area contributed by atoms with Crippen molar-refractivity contribution < 1.29 is 24.3 Å². The monoisotopic (exact) mass is 433 g/mol. The van der Waals surface area contributed by atoms with Crippen LogP contribution in [0.5, 0.6) is 0 Å². The van der Waals surface area contributed by atoms with Crippen LogP contribution in [0, 0.1) is 20.2 Å². The van der Waals surface area contributed by atoms with Crippen molar-refractivity contribution in [1.29, 1.82) is 0 Å². The van der Waals surface area contributed by atoms with Crippen LogP contribution in [-0.4, -0.2) is 27.3 Å². The topological polar surface area (TPSA) is 142 Å². The average molecular weight is 433 g/mol. The summed E-state index contributed by atoms with van der Waals surface area (Å²) in [5, 5.41) is 25.8. The Balaban J connectivity index is 1.79. The molecular formula is C22H15N3O7. The Morgan fingerprint density at radius 3 is 2.09 bits per heavy atom. The molecule has 10 heteroatoms. The highest BCUT2D eigenvalue weighted by molar-refractivity contribution is 6.45. The Morgan fingerprint density at radius 1 is 0.844 bits per heavy atom. The van der Waals surface area contributed by atoms with E-state index in [4.69, 9.17) is 4.84 Å². The lowest BCUT2D eigenvalue weighted by Gasteiger charge is -2.05. The van der Waals surface area contributed by atoms with Crippen LogP contribution < -0.4 is 0 Å². The fraction of sp³-hybridized carbons (Fsp3) is 0.0455. The second-order valence-corrected chi connectivity index (χ2v) is 6.54. The third-order valence-electron chi connectivity index (χ3n) is 4.45. The molecule has 0 saturated carbocycles. The second kappa shape index (κ2) is 9.39. The minimum absolute atomic E-state index is 0.0663. The summed E-state index contributed by atoms with van der Waals surface area (Å²) >= 11 is 0. The van der Waals surface area contributed by atoms with Crippen molar-refractivity contribution in [2.75, 3.05) is 0 Å². The highest BCUT2D eigenvalue weighted by Gasteiger charge is 2.21. The predicted octanol–water partition coefficient (Wildman–Crippen LogP) is 4.59. The van der Waals surface area contributed by atoms with E-state index < -0.39 is 33.0 Å². The van der Waals surface area contributed by atoms with Gasteiger partial charge in [-0.3, -0.25) is 25.0 Å². The zero-order chi connectivity index (χ0) is 23.3. The second-order valence-electron chi connectivity index (χ2n) is 6.54. The van der Waals surface area contributed by atoms with Crippen molar-refractivity contribution in [3.63, 3.8) is 0 Å². The van der Waals surface area contributed by atoms with E-state index >= 15 is 0 Å². The number of non-ortho nitro benzene ring substituents is 1. The zero-order valence-electron chi connectivity index (χ0n) is 16.6. The Bertz CT molecular complexity index is 1240. The van der Waals surface area contributed by atoms with Gasteiger partial charge >= 0.3 is 5.97 Å². The summed E-state index contributed by atoms with van der Waals surface area (Å²) in [5.74, 6) is -1.21. The van der Waals surface area contributed by atoms with Crippen LogP contribution in [0.4, 0.5) is 11.4 Å². The molecule has 0 spiro atoms. The number of hydrogen-bond donors (Lipinski definition) is 0. The molecule has 3 aromatic carbocycles. The lowest BCUT2D eigenvalue weighted by atomic mass is 9.99. The summed E-state index contributed by atoms with van der Waals surface area (Å²) in [6, 6.07) is 17.3. The Morgan fingerprint density at radius 2 is 1.50 bits per heavy atom. The summed E-state index contributed by atoms with van der Waals surface area (Å²) in [6.45, 7) is 1.38. The van der Waals surface area contributed by atoms with Crippen molar-refractivity contribution in [1.82, 2.24) is 0 Å². The first-order valence-electron chi connectivity index (χ1n) is 9.17. The standard InChI is InChI=1S/C22H15N3O7/c1-14(23-32-22(27)17-5-3-2-4-6-17)21(26)16-9-7-15(8-10-16)19-12-11-18(24(28)29)13-20(19)25(30)31/h2-13H,1H3/b23-14-. The molecule has 160 valence electrons. The third-order valence-corrected chi connectivity index (χ3v) is 4.45. The molecule has 3 aromatic rings. The Labute approximate surface area is 181 Å². The maximum atomic E-state index is 12.5. The molecule has 0 saturated heterocycles. The van der Waals surface area contributed by atoms with Gasteiger partial charge in [-0.15, -0.1) is 0 Å². The van der Waals surface area contributed by atoms with Gasteiger partial charge in [-0.2, -0.15) is 0 Å². The molecule has 32 heavy (non-hydrogen) atoms. The first-order chi connectivity index (χ1) is 15.3. The molecule has 0 bridgehead atoms. The van der Waals surface area contributed by atoms with E-state index in [2.05, 4.69) is 5.16 Å². The molecule has 0 aliphatic carbocycles. The third kappa shape index (κ3) is 4.87. The maximum Gasteiger partial charge on any atom is 0.365 e. The normalized spacial score (nSPS) is 11.0. The largest absolute Gasteiger partial charge is 0.365 e. The number of Topliss-reactive ketones (excluding diaryl/α,β-unsaturated/α-hetero) is 1. The quantitative estimate of drug-likeness (QED) is 0.174. The smallest absolute Gasteiger partial charge is 0.312 e. The van der Waals surface area contributed by atoms with Gasteiger partial charge < -0.3 is 4.84 Å². The van der Waals surface area contributed by atoms with Gasteiger partial charge in [0, 0.05) is 11.6 Å². The summed E-state index contributed by atoms with van der Waals surface area (Å²) < 4.78 is 0. The Hall–Kier alpha value is -4.73. The van der Waals surface area contributed by atoms with Crippen LogP contribution in [0.1, 0.15) is 27.6 Å². The van der Waals surface area contributed by atoms with Gasteiger partial charge in [0.1, 0.15) is 5.71 Å². The minimum Gasteiger partial charge on any atom is -0.312 e. The van der Waals surface area contributed by atoms with E-state index in [1.165, 1.54) is 43.3 Å². The molecule has 0 aliphatic heterocycles. The van der Waals surface area contributed by atoms with Gasteiger partial charge in [-0.25, -0.2) is 4.79 Å². The predicted molar refractivity (Wildman–Crippen MR) is 114 cm³/mol. The SMILES string of the molecule is C/C(=N/OC(=O)c1ccccc1)C(=O)c1ccc(-c2ccc([N+](=O)[O-])cc2[N+](=O)[O-])cc1. The number of carbonyl (C=O) groups excluding carboxylic acids is 2. The fourth-order valence-corrected chi connectivity index (χ4v) is 2.82. The van der Waals surface area contributed by atoms with E-state index in [1.807, 2.05) is 0 Å². The number of rotatable bonds is 7. The van der Waals surface area contributed by atoms with E-state index in [9.17, 15) is 29.8 Å². The highest BCUT2D eigenvalue weighted by Crippen LogP contribution is 2.33. The van der Waals surface area contributed by atoms with E-state index in [0.717, 1.165) is 6.07 Å². The Kier molecular flexibility index (Phi) is 6.44. The molecule has 10 nitrogen and oxygen atoms in total. The number of nitro groups is 2. The van der Waals surface area contributed by atoms with Crippen molar-refractivity contribution >= 4 is 28.8 Å². The van der Waals surface area contributed by atoms with Crippen molar-refractivity contribution in [2.24, 2.45) is 5.16 Å². The summed E-state index contributed by atoms with van der Waals surface area (Å²) in [6.07, 6.45) is 0. The van der Waals surface area contributed by atoms with E-state index in [-0.39, 0.29) is 22.4 Å². The molecule has 3 rings (SSSR count). The van der Waals surface area contributed by atoms with Crippen molar-refractivity contribution in [2.45, 2.75) is 6.92 Å². The number of hydrogen-bond acceptors (Lipinski definition) is 8. The maximum absolute atomic E-state index is 12.5. The molecule has 0 amide bonds. The summed E-state index contributed by atoms with van der Waals surface area (Å²) in [7, 11) is 0. The molecule has 0 N–H and O–H groups in total. The van der Waals surface area contributed by atoms with Crippen LogP contribution in [-0.2, 0) is 4.84 Å². The van der Waals surface area contributed by atoms with Gasteiger partial charge in [-0.1, -0.05) is 47.6 Å². The molecule has 0 aliphatic rings. The van der Waals surface area contributed by atoms with Crippen LogP contribution >= 0.6 is 0 Å². The molecule has 0 atom stereocenters. The van der Waals surface area contributed by atoms with Gasteiger partial charge in [0.25, 0.3) is 11.4 Å². The summed E-state index contributed by atoms with van der Waals surface area (Å²) in [4.78, 5) is 50.0. The fourth-order valence-electron chi connectivity index (χ4n) is 2.82. The number of carbonyl (C=O) groups is 2. The lowest BCUT2D eigenvalue weighted by Crippen LogP contribution is -2.12. The first-order valence-corrected chi connectivity index (χ1v) is 9.17. The number of benzene rings is 3.